The molecule has 0 heterocycles. The summed E-state index contributed by atoms with van der Waals surface area (Å²) in [7, 11) is 0. The van der Waals surface area contributed by atoms with Crippen LogP contribution in [0.4, 0.5) is 5.69 Å². The van der Waals surface area contributed by atoms with E-state index in [9.17, 15) is 14.4 Å². The predicted molar refractivity (Wildman–Crippen MR) is 92.7 cm³/mol. The summed E-state index contributed by atoms with van der Waals surface area (Å²) in [4.78, 5) is 34.9. The molecule has 1 atom stereocenters. The molecule has 0 saturated heterocycles. The first-order chi connectivity index (χ1) is 11.5. The van der Waals surface area contributed by atoms with Crippen LogP contribution in [0.15, 0.2) is 54.6 Å². The largest absolute Gasteiger partial charge is 0.349 e. The summed E-state index contributed by atoms with van der Waals surface area (Å²) in [6.07, 6.45) is 0.123. The topological polar surface area (TPSA) is 75.3 Å². The molecule has 2 rings (SSSR count). The van der Waals surface area contributed by atoms with Crippen LogP contribution in [0.2, 0.25) is 0 Å². The first-order valence-electron chi connectivity index (χ1n) is 7.68. The van der Waals surface area contributed by atoms with Gasteiger partial charge in [0.1, 0.15) is 0 Å². The summed E-state index contributed by atoms with van der Waals surface area (Å²) in [5.41, 5.74) is 2.07. The van der Waals surface area contributed by atoms with Crippen LogP contribution in [0.1, 0.15) is 42.2 Å². The fourth-order valence-electron chi connectivity index (χ4n) is 2.37. The van der Waals surface area contributed by atoms with Crippen molar-refractivity contribution < 1.29 is 14.4 Å². The Hall–Kier alpha value is -2.95. The van der Waals surface area contributed by atoms with Gasteiger partial charge in [-0.1, -0.05) is 30.3 Å². The number of carbonyl (C=O) groups excluding carboxylic acids is 3. The molecule has 0 aromatic heterocycles. The van der Waals surface area contributed by atoms with Crippen molar-refractivity contribution in [2.75, 3.05) is 5.32 Å². The minimum absolute atomic E-state index is 0.0253. The zero-order valence-corrected chi connectivity index (χ0v) is 13.7. The van der Waals surface area contributed by atoms with Gasteiger partial charge in [0.15, 0.2) is 5.78 Å². The number of hydrogen-bond donors (Lipinski definition) is 2. The lowest BCUT2D eigenvalue weighted by atomic mass is 10.0. The second kappa shape index (κ2) is 8.06. The zero-order valence-electron chi connectivity index (χ0n) is 13.7. The van der Waals surface area contributed by atoms with Gasteiger partial charge in [-0.15, -0.1) is 0 Å². The minimum Gasteiger partial charge on any atom is -0.349 e. The van der Waals surface area contributed by atoms with Crippen LogP contribution in [0.25, 0.3) is 0 Å². The molecule has 0 unspecified atom stereocenters. The maximum absolute atomic E-state index is 12.3. The van der Waals surface area contributed by atoms with Gasteiger partial charge < -0.3 is 10.6 Å². The Morgan fingerprint density at radius 2 is 1.54 bits per heavy atom. The molecule has 0 fully saturated rings. The molecule has 0 aliphatic rings. The van der Waals surface area contributed by atoms with E-state index in [-0.39, 0.29) is 30.1 Å². The van der Waals surface area contributed by atoms with E-state index in [4.69, 9.17) is 0 Å². The van der Waals surface area contributed by atoms with Crippen LogP contribution in [0, 0.1) is 0 Å². The normalized spacial score (nSPS) is 11.4. The third-order valence-electron chi connectivity index (χ3n) is 3.54. The molecule has 0 spiro atoms. The lowest BCUT2D eigenvalue weighted by molar-refractivity contribution is -0.120. The number of amides is 2. The second-order valence-electron chi connectivity index (χ2n) is 5.55. The highest BCUT2D eigenvalue weighted by molar-refractivity contribution is 5.95. The fourth-order valence-corrected chi connectivity index (χ4v) is 2.37. The standard InChI is InChI=1S/C19H20N2O3/c1-13(22)15-8-10-17(11-9-15)21-19(24)12-18(20-14(2)23)16-6-4-3-5-7-16/h3-11,18H,12H2,1-2H3,(H,20,23)(H,21,24)/t18-/m1/s1. The number of nitrogens with one attached hydrogen (secondary N) is 2. The minimum atomic E-state index is -0.389. The molecule has 0 aliphatic heterocycles. The molecule has 2 N–H and O–H groups in total. The van der Waals surface area contributed by atoms with Crippen LogP contribution in [0.5, 0.6) is 0 Å². The number of anilines is 1. The van der Waals surface area contributed by atoms with Crippen LogP contribution < -0.4 is 10.6 Å². The molecular formula is C19H20N2O3. The van der Waals surface area contributed by atoms with Gasteiger partial charge in [0.25, 0.3) is 0 Å². The van der Waals surface area contributed by atoms with E-state index in [1.54, 1.807) is 24.3 Å². The SMILES string of the molecule is CC(=O)N[C@H](CC(=O)Nc1ccc(C(C)=O)cc1)c1ccccc1. The average molecular weight is 324 g/mol. The van der Waals surface area contributed by atoms with Gasteiger partial charge in [-0.05, 0) is 36.8 Å². The van der Waals surface area contributed by atoms with Crippen LogP contribution in [-0.2, 0) is 9.59 Å². The van der Waals surface area contributed by atoms with Crippen molar-refractivity contribution in [1.29, 1.82) is 0 Å². The van der Waals surface area contributed by atoms with Crippen LogP contribution in [-0.4, -0.2) is 17.6 Å². The average Bonchev–Trinajstić information content (AvgIpc) is 2.55. The van der Waals surface area contributed by atoms with Gasteiger partial charge in [-0.25, -0.2) is 0 Å². The Morgan fingerprint density at radius 1 is 0.917 bits per heavy atom. The Labute approximate surface area is 141 Å². The van der Waals surface area contributed by atoms with Gasteiger partial charge in [0.2, 0.25) is 11.8 Å². The van der Waals surface area contributed by atoms with Crippen molar-refractivity contribution in [2.24, 2.45) is 0 Å². The van der Waals surface area contributed by atoms with Crippen molar-refractivity contribution in [3.05, 3.63) is 65.7 Å². The molecular weight excluding hydrogens is 304 g/mol. The lowest BCUT2D eigenvalue weighted by Crippen LogP contribution is -2.29. The predicted octanol–water partition coefficient (Wildman–Crippen LogP) is 3.10. The summed E-state index contributed by atoms with van der Waals surface area (Å²) in [6.45, 7) is 2.92. The monoisotopic (exact) mass is 324 g/mol. The molecule has 24 heavy (non-hydrogen) atoms. The van der Waals surface area contributed by atoms with Crippen molar-refractivity contribution >= 4 is 23.3 Å². The van der Waals surface area contributed by atoms with E-state index in [1.807, 2.05) is 30.3 Å². The van der Waals surface area contributed by atoms with E-state index in [0.717, 1.165) is 5.56 Å². The fraction of sp³-hybridized carbons (Fsp3) is 0.211. The van der Waals surface area contributed by atoms with Gasteiger partial charge in [0, 0.05) is 18.2 Å². The number of carbonyl (C=O) groups is 3. The van der Waals surface area contributed by atoms with Crippen LogP contribution >= 0.6 is 0 Å². The van der Waals surface area contributed by atoms with Gasteiger partial charge in [0.05, 0.1) is 12.5 Å². The lowest BCUT2D eigenvalue weighted by Gasteiger charge is -2.18. The van der Waals surface area contributed by atoms with Crippen molar-refractivity contribution in [3.63, 3.8) is 0 Å². The quantitative estimate of drug-likeness (QED) is 0.802. The molecule has 2 aromatic carbocycles. The first kappa shape index (κ1) is 17.4. The highest BCUT2D eigenvalue weighted by Gasteiger charge is 2.17. The first-order valence-corrected chi connectivity index (χ1v) is 7.68. The number of ketones is 1. The summed E-state index contributed by atoms with van der Waals surface area (Å²) in [6, 6.07) is 15.7. The van der Waals surface area contributed by atoms with Gasteiger partial charge in [-0.2, -0.15) is 0 Å². The molecule has 5 nitrogen and oxygen atoms in total. The number of hydrogen-bond acceptors (Lipinski definition) is 3. The molecule has 0 bridgehead atoms. The summed E-state index contributed by atoms with van der Waals surface area (Å²) < 4.78 is 0. The van der Waals surface area contributed by atoms with E-state index in [2.05, 4.69) is 10.6 Å². The van der Waals surface area contributed by atoms with E-state index >= 15 is 0 Å². The molecule has 2 amide bonds. The molecule has 0 saturated carbocycles. The Bertz CT molecular complexity index is 724. The van der Waals surface area contributed by atoms with Gasteiger partial charge in [-0.3, -0.25) is 14.4 Å². The van der Waals surface area contributed by atoms with Crippen molar-refractivity contribution in [2.45, 2.75) is 26.3 Å². The Balaban J connectivity index is 2.04. The smallest absolute Gasteiger partial charge is 0.226 e. The van der Waals surface area contributed by atoms with Crippen molar-refractivity contribution in [1.82, 2.24) is 5.32 Å². The van der Waals surface area contributed by atoms with E-state index in [1.165, 1.54) is 13.8 Å². The third-order valence-corrected chi connectivity index (χ3v) is 3.54. The Kier molecular flexibility index (Phi) is 5.84. The zero-order chi connectivity index (χ0) is 17.5. The third kappa shape index (κ3) is 5.05. The molecule has 0 aliphatic carbocycles. The van der Waals surface area contributed by atoms with Crippen LogP contribution in [0.3, 0.4) is 0 Å². The van der Waals surface area contributed by atoms with Gasteiger partial charge >= 0.3 is 0 Å². The molecule has 2 aromatic rings. The number of Topliss-reactive ketones (excluding diaryl/α,β-unsaturated/α-hetero) is 1. The summed E-state index contributed by atoms with van der Waals surface area (Å²) in [5.74, 6) is -0.432. The summed E-state index contributed by atoms with van der Waals surface area (Å²) in [5, 5.41) is 5.57. The molecule has 5 heteroatoms. The second-order valence-corrected chi connectivity index (χ2v) is 5.55. The number of benzene rings is 2. The maximum Gasteiger partial charge on any atom is 0.226 e. The highest BCUT2D eigenvalue weighted by atomic mass is 16.2. The number of rotatable bonds is 6. The highest BCUT2D eigenvalue weighted by Crippen LogP contribution is 2.18. The van der Waals surface area contributed by atoms with E-state index in [0.29, 0.717) is 11.3 Å². The molecule has 124 valence electrons. The van der Waals surface area contributed by atoms with E-state index < -0.39 is 0 Å². The maximum atomic E-state index is 12.3. The molecule has 0 radical (unpaired) electrons. The Morgan fingerprint density at radius 3 is 2.08 bits per heavy atom. The summed E-state index contributed by atoms with van der Waals surface area (Å²) >= 11 is 0. The van der Waals surface area contributed by atoms with Crippen molar-refractivity contribution in [3.8, 4) is 0 Å².